The Kier molecular flexibility index (Phi) is 6.70. The molecule has 6 heteroatoms. The van der Waals surface area contributed by atoms with Gasteiger partial charge in [0.1, 0.15) is 0 Å². The zero-order valence-corrected chi connectivity index (χ0v) is 11.2. The zero-order valence-electron chi connectivity index (χ0n) is 11.2. The highest BCUT2D eigenvalue weighted by Crippen LogP contribution is 2.17. The van der Waals surface area contributed by atoms with Crippen molar-refractivity contribution in [2.24, 2.45) is 11.5 Å². The lowest BCUT2D eigenvalue weighted by Crippen LogP contribution is -2.26. The number of carbonyl (C=O) groups excluding carboxylic acids is 1. The van der Waals surface area contributed by atoms with Crippen molar-refractivity contribution in [3.8, 4) is 0 Å². The van der Waals surface area contributed by atoms with E-state index in [9.17, 15) is 4.79 Å². The first-order valence-corrected chi connectivity index (χ1v) is 6.27. The van der Waals surface area contributed by atoms with Crippen molar-refractivity contribution < 1.29 is 9.53 Å². The predicted molar refractivity (Wildman–Crippen MR) is 77.2 cm³/mol. The van der Waals surface area contributed by atoms with Crippen LogP contribution in [0.25, 0.3) is 0 Å². The van der Waals surface area contributed by atoms with Crippen LogP contribution in [0.15, 0.2) is 24.3 Å². The number of ether oxygens (including phenoxy) is 1. The number of nitrogens with one attached hydrogen (secondary N) is 2. The summed E-state index contributed by atoms with van der Waals surface area (Å²) in [4.78, 5) is 10.8. The molecule has 0 aromatic heterocycles. The molecule has 0 saturated carbocycles. The van der Waals surface area contributed by atoms with Crippen LogP contribution in [-0.4, -0.2) is 32.3 Å². The standard InChI is InChI=1S/C13H22N4O2/c1-19-9-12(6-3-7-14)16-10-4-2-5-11(8-10)17-13(15)18/h2,4-5,8,12,16H,3,6-7,9,14H2,1H3,(H3,15,17,18). The van der Waals surface area contributed by atoms with Gasteiger partial charge in [0.2, 0.25) is 0 Å². The number of primary amides is 1. The van der Waals surface area contributed by atoms with Gasteiger partial charge in [-0.3, -0.25) is 0 Å². The maximum absolute atomic E-state index is 10.8. The minimum atomic E-state index is -0.575. The zero-order chi connectivity index (χ0) is 14.1. The van der Waals surface area contributed by atoms with Gasteiger partial charge in [-0.05, 0) is 37.6 Å². The highest BCUT2D eigenvalue weighted by molar-refractivity contribution is 5.88. The van der Waals surface area contributed by atoms with E-state index in [1.807, 2.05) is 18.2 Å². The van der Waals surface area contributed by atoms with Gasteiger partial charge in [0, 0.05) is 24.5 Å². The van der Waals surface area contributed by atoms with Crippen LogP contribution >= 0.6 is 0 Å². The minimum Gasteiger partial charge on any atom is -0.383 e. The number of methoxy groups -OCH3 is 1. The average molecular weight is 266 g/mol. The van der Waals surface area contributed by atoms with Crippen LogP contribution in [0.2, 0.25) is 0 Å². The number of rotatable bonds is 8. The topological polar surface area (TPSA) is 102 Å². The summed E-state index contributed by atoms with van der Waals surface area (Å²) >= 11 is 0. The van der Waals surface area contributed by atoms with Crippen LogP contribution in [0.1, 0.15) is 12.8 Å². The van der Waals surface area contributed by atoms with E-state index in [0.717, 1.165) is 18.5 Å². The maximum atomic E-state index is 10.8. The highest BCUT2D eigenvalue weighted by Gasteiger charge is 2.08. The van der Waals surface area contributed by atoms with E-state index in [1.54, 1.807) is 13.2 Å². The minimum absolute atomic E-state index is 0.192. The molecule has 1 aromatic rings. The number of anilines is 2. The normalized spacial score (nSPS) is 11.9. The van der Waals surface area contributed by atoms with E-state index < -0.39 is 6.03 Å². The van der Waals surface area contributed by atoms with E-state index in [2.05, 4.69) is 10.6 Å². The Morgan fingerprint density at radius 3 is 2.79 bits per heavy atom. The lowest BCUT2D eigenvalue weighted by Gasteiger charge is -2.19. The molecule has 0 bridgehead atoms. The fourth-order valence-electron chi connectivity index (χ4n) is 1.83. The Morgan fingerprint density at radius 1 is 1.42 bits per heavy atom. The molecule has 6 nitrogen and oxygen atoms in total. The molecule has 0 spiro atoms. The first-order valence-electron chi connectivity index (χ1n) is 6.27. The monoisotopic (exact) mass is 266 g/mol. The van der Waals surface area contributed by atoms with Crippen LogP contribution < -0.4 is 22.1 Å². The highest BCUT2D eigenvalue weighted by atomic mass is 16.5. The van der Waals surface area contributed by atoms with Gasteiger partial charge in [-0.15, -0.1) is 0 Å². The van der Waals surface area contributed by atoms with Crippen LogP contribution in [0.5, 0.6) is 0 Å². The van der Waals surface area contributed by atoms with Crippen molar-refractivity contribution in [3.05, 3.63) is 24.3 Å². The average Bonchev–Trinajstić information content (AvgIpc) is 2.36. The summed E-state index contributed by atoms with van der Waals surface area (Å²) in [6, 6.07) is 7.00. The van der Waals surface area contributed by atoms with Crippen molar-refractivity contribution in [1.82, 2.24) is 0 Å². The fourth-order valence-corrected chi connectivity index (χ4v) is 1.83. The Hall–Kier alpha value is -1.79. The quantitative estimate of drug-likeness (QED) is 0.570. The van der Waals surface area contributed by atoms with Crippen molar-refractivity contribution in [1.29, 1.82) is 0 Å². The summed E-state index contributed by atoms with van der Waals surface area (Å²) < 4.78 is 5.17. The molecule has 0 saturated heterocycles. The summed E-state index contributed by atoms with van der Waals surface area (Å²) in [7, 11) is 1.67. The summed E-state index contributed by atoms with van der Waals surface area (Å²) in [6.45, 7) is 1.26. The molecule has 2 amide bonds. The first kappa shape index (κ1) is 15.3. The van der Waals surface area contributed by atoms with Crippen LogP contribution in [0.4, 0.5) is 16.2 Å². The number of amides is 2. The molecule has 19 heavy (non-hydrogen) atoms. The van der Waals surface area contributed by atoms with E-state index >= 15 is 0 Å². The second kappa shape index (κ2) is 8.34. The smallest absolute Gasteiger partial charge is 0.316 e. The third kappa shape index (κ3) is 6.08. The summed E-state index contributed by atoms with van der Waals surface area (Å²) in [5.41, 5.74) is 12.2. The molecule has 0 aliphatic carbocycles. The lowest BCUT2D eigenvalue weighted by atomic mass is 10.1. The molecular formula is C13H22N4O2. The van der Waals surface area contributed by atoms with Crippen molar-refractivity contribution in [2.45, 2.75) is 18.9 Å². The summed E-state index contributed by atoms with van der Waals surface area (Å²) in [5.74, 6) is 0. The number of benzene rings is 1. The maximum Gasteiger partial charge on any atom is 0.316 e. The van der Waals surface area contributed by atoms with Gasteiger partial charge in [-0.25, -0.2) is 4.79 Å². The molecule has 0 fully saturated rings. The Labute approximate surface area is 113 Å². The van der Waals surface area contributed by atoms with Gasteiger partial charge in [0.05, 0.1) is 6.61 Å². The molecule has 1 rings (SSSR count). The molecule has 0 heterocycles. The number of nitrogens with two attached hydrogens (primary N) is 2. The van der Waals surface area contributed by atoms with Gasteiger partial charge in [-0.2, -0.15) is 0 Å². The van der Waals surface area contributed by atoms with E-state index in [1.165, 1.54) is 0 Å². The van der Waals surface area contributed by atoms with Crippen LogP contribution in [0.3, 0.4) is 0 Å². The molecule has 1 unspecified atom stereocenters. The van der Waals surface area contributed by atoms with Gasteiger partial charge < -0.3 is 26.8 Å². The Morgan fingerprint density at radius 2 is 2.16 bits per heavy atom. The van der Waals surface area contributed by atoms with Gasteiger partial charge >= 0.3 is 6.03 Å². The van der Waals surface area contributed by atoms with Crippen molar-refractivity contribution in [3.63, 3.8) is 0 Å². The summed E-state index contributed by atoms with van der Waals surface area (Å²) in [5, 5.41) is 5.90. The number of carbonyl (C=O) groups is 1. The Balaban J connectivity index is 2.64. The molecule has 6 N–H and O–H groups in total. The second-order valence-electron chi connectivity index (χ2n) is 4.30. The fraction of sp³-hybridized carbons (Fsp3) is 0.462. The van der Waals surface area contributed by atoms with Crippen LogP contribution in [-0.2, 0) is 4.74 Å². The molecule has 0 aliphatic heterocycles. The van der Waals surface area contributed by atoms with Gasteiger partial charge in [0.25, 0.3) is 0 Å². The number of hydrogen-bond donors (Lipinski definition) is 4. The molecule has 1 aromatic carbocycles. The number of urea groups is 1. The third-order valence-electron chi connectivity index (χ3n) is 2.63. The van der Waals surface area contributed by atoms with E-state index in [0.29, 0.717) is 18.8 Å². The predicted octanol–water partition coefficient (Wildman–Crippen LogP) is 1.34. The van der Waals surface area contributed by atoms with Crippen molar-refractivity contribution >= 4 is 17.4 Å². The van der Waals surface area contributed by atoms with E-state index in [4.69, 9.17) is 16.2 Å². The Bertz CT molecular complexity index is 398. The molecule has 0 aliphatic rings. The third-order valence-corrected chi connectivity index (χ3v) is 2.63. The van der Waals surface area contributed by atoms with Crippen molar-refractivity contribution in [2.75, 3.05) is 30.9 Å². The SMILES string of the molecule is COCC(CCCN)Nc1cccc(NC(N)=O)c1. The summed E-state index contributed by atoms with van der Waals surface area (Å²) in [6.07, 6.45) is 1.86. The molecular weight excluding hydrogens is 244 g/mol. The van der Waals surface area contributed by atoms with Gasteiger partial charge in [-0.1, -0.05) is 6.07 Å². The second-order valence-corrected chi connectivity index (χ2v) is 4.30. The molecule has 0 radical (unpaired) electrons. The molecule has 1 atom stereocenters. The number of hydrogen-bond acceptors (Lipinski definition) is 4. The van der Waals surface area contributed by atoms with Gasteiger partial charge in [0.15, 0.2) is 0 Å². The largest absolute Gasteiger partial charge is 0.383 e. The first-order chi connectivity index (χ1) is 9.15. The van der Waals surface area contributed by atoms with Crippen LogP contribution in [0, 0.1) is 0 Å². The lowest BCUT2D eigenvalue weighted by molar-refractivity contribution is 0.182. The van der Waals surface area contributed by atoms with E-state index in [-0.39, 0.29) is 6.04 Å². The molecule has 106 valence electrons.